The maximum atomic E-state index is 11.2. The molecule has 0 aromatic heterocycles. The van der Waals surface area contributed by atoms with Crippen molar-refractivity contribution in [1.29, 1.82) is 0 Å². The summed E-state index contributed by atoms with van der Waals surface area (Å²) in [5.41, 5.74) is 0. The molecule has 0 heterocycles. The number of carbonyl (C=O) groups is 2. The number of rotatable bonds is 3. The predicted molar refractivity (Wildman–Crippen MR) is 68.9 cm³/mol. The highest BCUT2D eigenvalue weighted by atomic mass is 33.5. The van der Waals surface area contributed by atoms with Gasteiger partial charge >= 0.3 is 0 Å². The molecule has 0 saturated carbocycles. The van der Waals surface area contributed by atoms with Gasteiger partial charge in [-0.25, -0.2) is 0 Å². The SMILES string of the molecule is CN(C)C(=O)SSSC(=O)N(C)CS. The van der Waals surface area contributed by atoms with E-state index in [4.69, 9.17) is 0 Å². The first-order chi connectivity index (χ1) is 6.49. The quantitative estimate of drug-likeness (QED) is 0.486. The first-order valence-corrected chi connectivity index (χ1v) is 7.69. The van der Waals surface area contributed by atoms with E-state index in [1.807, 2.05) is 0 Å². The van der Waals surface area contributed by atoms with Crippen LogP contribution in [0, 0.1) is 0 Å². The first kappa shape index (κ1) is 14.3. The van der Waals surface area contributed by atoms with E-state index in [1.54, 1.807) is 21.1 Å². The summed E-state index contributed by atoms with van der Waals surface area (Å²) in [7, 11) is 8.21. The molecule has 0 fully saturated rings. The van der Waals surface area contributed by atoms with Gasteiger partial charge in [0.25, 0.3) is 10.5 Å². The lowest BCUT2D eigenvalue weighted by atomic mass is 11.0. The van der Waals surface area contributed by atoms with Crippen molar-refractivity contribution >= 4 is 54.5 Å². The van der Waals surface area contributed by atoms with Crippen LogP contribution in [0.3, 0.4) is 0 Å². The summed E-state index contributed by atoms with van der Waals surface area (Å²) >= 11 is 3.95. The molecule has 0 unspecified atom stereocenters. The van der Waals surface area contributed by atoms with Crippen molar-refractivity contribution in [3.05, 3.63) is 0 Å². The van der Waals surface area contributed by atoms with Crippen molar-refractivity contribution < 1.29 is 9.59 Å². The lowest BCUT2D eigenvalue weighted by Crippen LogP contribution is -2.20. The first-order valence-electron chi connectivity index (χ1n) is 3.57. The molecule has 0 aliphatic heterocycles. The molecule has 8 heteroatoms. The molecule has 14 heavy (non-hydrogen) atoms. The third-order valence-corrected chi connectivity index (χ3v) is 5.11. The third-order valence-electron chi connectivity index (χ3n) is 1.10. The minimum atomic E-state index is -0.107. The second-order valence-electron chi connectivity index (χ2n) is 2.50. The Morgan fingerprint density at radius 3 is 2.07 bits per heavy atom. The van der Waals surface area contributed by atoms with E-state index in [0.29, 0.717) is 5.88 Å². The van der Waals surface area contributed by atoms with Gasteiger partial charge in [-0.2, -0.15) is 12.6 Å². The highest BCUT2D eigenvalue weighted by Gasteiger charge is 2.11. The second-order valence-corrected chi connectivity index (χ2v) is 6.58. The number of thiol groups is 1. The molecular formula is C6H12N2O2S4. The van der Waals surface area contributed by atoms with Crippen molar-refractivity contribution in [2.75, 3.05) is 27.0 Å². The van der Waals surface area contributed by atoms with E-state index in [1.165, 1.54) is 9.80 Å². The zero-order valence-electron chi connectivity index (χ0n) is 8.09. The molecule has 82 valence electrons. The summed E-state index contributed by atoms with van der Waals surface area (Å²) in [4.78, 5) is 25.2. The largest absolute Gasteiger partial charge is 0.339 e. The summed E-state index contributed by atoms with van der Waals surface area (Å²) < 4.78 is 0. The molecule has 0 aliphatic carbocycles. The van der Waals surface area contributed by atoms with Crippen LogP contribution in [0.15, 0.2) is 0 Å². The Kier molecular flexibility index (Phi) is 7.79. The molecule has 0 radical (unpaired) electrons. The van der Waals surface area contributed by atoms with Gasteiger partial charge in [-0.1, -0.05) is 0 Å². The van der Waals surface area contributed by atoms with E-state index >= 15 is 0 Å². The van der Waals surface area contributed by atoms with Crippen LogP contribution in [0.2, 0.25) is 0 Å². The molecule has 0 saturated heterocycles. The molecular weight excluding hydrogens is 260 g/mol. The van der Waals surface area contributed by atoms with Crippen molar-refractivity contribution in [2.45, 2.75) is 0 Å². The molecule has 0 N–H and O–H groups in total. The molecule has 4 nitrogen and oxygen atoms in total. The van der Waals surface area contributed by atoms with Crippen molar-refractivity contribution in [3.63, 3.8) is 0 Å². The van der Waals surface area contributed by atoms with Crippen LogP contribution in [-0.2, 0) is 0 Å². The number of carbonyl (C=O) groups excluding carboxylic acids is 2. The van der Waals surface area contributed by atoms with Crippen LogP contribution in [0.25, 0.3) is 0 Å². The lowest BCUT2D eigenvalue weighted by molar-refractivity contribution is 0.240. The topological polar surface area (TPSA) is 40.6 Å². The highest BCUT2D eigenvalue weighted by molar-refractivity contribution is 9.14. The minimum absolute atomic E-state index is 0.0798. The van der Waals surface area contributed by atoms with E-state index in [9.17, 15) is 9.59 Å². The molecule has 0 aromatic rings. The Balaban J connectivity index is 3.64. The smallest absolute Gasteiger partial charge is 0.293 e. The minimum Gasteiger partial charge on any atom is -0.339 e. The summed E-state index contributed by atoms with van der Waals surface area (Å²) in [6.07, 6.45) is 0. The normalized spacial score (nSPS) is 9.71. The summed E-state index contributed by atoms with van der Waals surface area (Å²) in [5.74, 6) is 0.374. The number of hydrogen-bond acceptors (Lipinski definition) is 6. The van der Waals surface area contributed by atoms with Crippen LogP contribution in [0.5, 0.6) is 0 Å². The van der Waals surface area contributed by atoms with E-state index < -0.39 is 0 Å². The number of nitrogens with zero attached hydrogens (tertiary/aromatic N) is 2. The molecule has 0 rings (SSSR count). The van der Waals surface area contributed by atoms with Crippen LogP contribution in [0.4, 0.5) is 9.59 Å². The van der Waals surface area contributed by atoms with Gasteiger partial charge in [0.2, 0.25) is 0 Å². The fourth-order valence-corrected chi connectivity index (χ4v) is 3.62. The Morgan fingerprint density at radius 1 is 1.14 bits per heavy atom. The standard InChI is InChI=1S/C6H12N2O2S4/c1-7(2)5(9)12-14-13-6(10)8(3)4-11/h11H,4H2,1-3H3. The van der Waals surface area contributed by atoms with Gasteiger partial charge in [-0.15, -0.1) is 0 Å². The van der Waals surface area contributed by atoms with Crippen molar-refractivity contribution in [1.82, 2.24) is 9.80 Å². The average molecular weight is 272 g/mol. The zero-order chi connectivity index (χ0) is 11.1. The fraction of sp³-hybridized carbons (Fsp3) is 0.667. The van der Waals surface area contributed by atoms with Crippen LogP contribution < -0.4 is 0 Å². The van der Waals surface area contributed by atoms with E-state index in [-0.39, 0.29) is 10.5 Å². The van der Waals surface area contributed by atoms with Gasteiger partial charge < -0.3 is 9.80 Å². The molecule has 0 atom stereocenters. The molecule has 2 amide bonds. The average Bonchev–Trinajstić information content (AvgIpc) is 2.15. The monoisotopic (exact) mass is 272 g/mol. The molecule has 0 bridgehead atoms. The predicted octanol–water partition coefficient (Wildman–Crippen LogP) is 2.64. The van der Waals surface area contributed by atoms with Gasteiger partial charge in [0.05, 0.1) is 5.88 Å². The summed E-state index contributed by atoms with van der Waals surface area (Å²) in [6, 6.07) is 0. The van der Waals surface area contributed by atoms with Crippen LogP contribution >= 0.6 is 44.0 Å². The Morgan fingerprint density at radius 2 is 1.64 bits per heavy atom. The van der Waals surface area contributed by atoms with Crippen LogP contribution in [-0.4, -0.2) is 47.3 Å². The molecule has 0 aromatic carbocycles. The van der Waals surface area contributed by atoms with Gasteiger partial charge in [0.1, 0.15) is 0 Å². The van der Waals surface area contributed by atoms with Crippen molar-refractivity contribution in [3.8, 4) is 0 Å². The summed E-state index contributed by atoms with van der Waals surface area (Å²) in [6.45, 7) is 0. The molecule has 0 aliphatic rings. The van der Waals surface area contributed by atoms with Gasteiger partial charge in [0.15, 0.2) is 0 Å². The lowest BCUT2D eigenvalue weighted by Gasteiger charge is -2.12. The highest BCUT2D eigenvalue weighted by Crippen LogP contribution is 2.37. The fourth-order valence-electron chi connectivity index (χ4n) is 0.271. The maximum absolute atomic E-state index is 11.2. The Bertz CT molecular complexity index is 212. The van der Waals surface area contributed by atoms with E-state index in [0.717, 1.165) is 31.4 Å². The van der Waals surface area contributed by atoms with Crippen LogP contribution in [0.1, 0.15) is 0 Å². The maximum Gasteiger partial charge on any atom is 0.293 e. The zero-order valence-corrected chi connectivity index (χ0v) is 11.4. The number of amides is 2. The Labute approximate surface area is 101 Å². The Hall–Kier alpha value is 0.340. The molecule has 0 spiro atoms. The van der Waals surface area contributed by atoms with E-state index in [2.05, 4.69) is 12.6 Å². The van der Waals surface area contributed by atoms with Gasteiger partial charge in [-0.3, -0.25) is 9.59 Å². The number of hydrogen-bond donors (Lipinski definition) is 1. The van der Waals surface area contributed by atoms with Crippen molar-refractivity contribution in [2.24, 2.45) is 0 Å². The summed E-state index contributed by atoms with van der Waals surface area (Å²) in [5, 5.41) is -0.187. The van der Waals surface area contributed by atoms with Gasteiger partial charge in [0, 0.05) is 42.7 Å². The third kappa shape index (κ3) is 5.94. The van der Waals surface area contributed by atoms with Gasteiger partial charge in [-0.05, 0) is 9.83 Å². The second kappa shape index (κ2) is 7.61.